The number of aryl methyl sites for hydroxylation is 1. The molecule has 3 aliphatic carbocycles. The summed E-state index contributed by atoms with van der Waals surface area (Å²) >= 11 is 7.02. The highest BCUT2D eigenvalue weighted by molar-refractivity contribution is 9.13. The zero-order chi connectivity index (χ0) is 29.3. The molecule has 0 aromatic heterocycles. The van der Waals surface area contributed by atoms with Crippen molar-refractivity contribution in [3.8, 4) is 11.5 Å². The Morgan fingerprint density at radius 1 is 1.02 bits per heavy atom. The van der Waals surface area contributed by atoms with Gasteiger partial charge in [0.25, 0.3) is 0 Å². The van der Waals surface area contributed by atoms with Crippen molar-refractivity contribution in [3.05, 3.63) is 84.8 Å². The number of nitrogens with zero attached hydrogens (tertiary/aromatic N) is 1. The smallest absolute Gasteiger partial charge is 0.238 e. The molecule has 41 heavy (non-hydrogen) atoms. The monoisotopic (exact) mass is 679 g/mol. The molecule has 0 saturated carbocycles. The third kappa shape index (κ3) is 4.11. The average molecular weight is 681 g/mol. The van der Waals surface area contributed by atoms with E-state index in [1.165, 1.54) is 18.1 Å². The summed E-state index contributed by atoms with van der Waals surface area (Å²) in [5, 5.41) is 10.6. The first-order valence-corrected chi connectivity index (χ1v) is 15.1. The van der Waals surface area contributed by atoms with Gasteiger partial charge in [-0.05, 0) is 99.4 Å². The number of hydrogen-bond donors (Lipinski definition) is 1. The standard InChI is InChI=1S/C32H27Br2NO6/c1-4-15-5-7-16(8-6-15)35-31(39)18-10-9-17-19(25(18)32(35)40)12-20-22(36)11-14(2)29(37)26(20)24(17)21-13-23(41-3)30(38)28(34)27(21)33/h5-9,11,13,18-19,24-25,38H,4,10,12H2,1-3H3. The van der Waals surface area contributed by atoms with Gasteiger partial charge >= 0.3 is 0 Å². The first kappa shape index (κ1) is 27.8. The third-order valence-corrected chi connectivity index (χ3v) is 11.0. The SMILES string of the molecule is CCc1ccc(N2C(=O)C3CC=C4C(c5cc(OC)c(O)c(Br)c5Br)C5=C(CC4C3C2=O)C(=O)C=C(C)C5=O)cc1. The second kappa shape index (κ2) is 10.2. The van der Waals surface area contributed by atoms with Crippen LogP contribution in [-0.2, 0) is 25.6 Å². The van der Waals surface area contributed by atoms with E-state index in [-0.39, 0.29) is 41.3 Å². The Hall–Kier alpha value is -3.30. The molecule has 7 nitrogen and oxygen atoms in total. The molecule has 0 spiro atoms. The summed E-state index contributed by atoms with van der Waals surface area (Å²) in [7, 11) is 1.44. The molecule has 4 unspecified atom stereocenters. The van der Waals surface area contributed by atoms with Gasteiger partial charge in [0.1, 0.15) is 0 Å². The summed E-state index contributed by atoms with van der Waals surface area (Å²) in [6.07, 6.45) is 4.71. The molecule has 1 saturated heterocycles. The van der Waals surface area contributed by atoms with Crippen LogP contribution in [0.25, 0.3) is 0 Å². The number of rotatable bonds is 4. The molecule has 1 fully saturated rings. The number of aromatic hydroxyl groups is 1. The second-order valence-corrected chi connectivity index (χ2v) is 12.5. The van der Waals surface area contributed by atoms with Crippen LogP contribution in [0, 0.1) is 17.8 Å². The lowest BCUT2D eigenvalue weighted by Gasteiger charge is -2.42. The van der Waals surface area contributed by atoms with Crippen molar-refractivity contribution in [2.24, 2.45) is 17.8 Å². The van der Waals surface area contributed by atoms with Crippen LogP contribution >= 0.6 is 31.9 Å². The van der Waals surface area contributed by atoms with Gasteiger partial charge in [0.05, 0.1) is 29.1 Å². The van der Waals surface area contributed by atoms with Crippen LogP contribution < -0.4 is 9.64 Å². The number of carbonyl (C=O) groups excluding carboxylic acids is 4. The zero-order valence-electron chi connectivity index (χ0n) is 22.7. The normalized spacial score (nSPS) is 25.5. The minimum Gasteiger partial charge on any atom is -0.503 e. The van der Waals surface area contributed by atoms with E-state index in [1.807, 2.05) is 25.1 Å². The van der Waals surface area contributed by atoms with Crippen molar-refractivity contribution in [2.45, 2.75) is 39.0 Å². The number of Topliss-reactive ketones (excluding diaryl/α,β-unsaturated/α-hetero) is 1. The molecule has 2 amide bonds. The second-order valence-electron chi connectivity index (χ2n) is 10.9. The van der Waals surface area contributed by atoms with Gasteiger partial charge in [-0.1, -0.05) is 30.7 Å². The molecule has 210 valence electrons. The Labute approximate surface area is 254 Å². The van der Waals surface area contributed by atoms with Crippen molar-refractivity contribution >= 4 is 60.9 Å². The van der Waals surface area contributed by atoms with Crippen molar-refractivity contribution in [3.63, 3.8) is 0 Å². The summed E-state index contributed by atoms with van der Waals surface area (Å²) in [4.78, 5) is 56.1. The molecule has 1 heterocycles. The van der Waals surface area contributed by atoms with E-state index in [2.05, 4.69) is 31.9 Å². The minimum atomic E-state index is -0.675. The van der Waals surface area contributed by atoms with Crippen molar-refractivity contribution in [1.29, 1.82) is 0 Å². The molecule has 1 aliphatic heterocycles. The summed E-state index contributed by atoms with van der Waals surface area (Å²) in [5.74, 6) is -3.27. The maximum Gasteiger partial charge on any atom is 0.238 e. The Morgan fingerprint density at radius 3 is 2.39 bits per heavy atom. The van der Waals surface area contributed by atoms with Gasteiger partial charge in [-0.25, -0.2) is 0 Å². The maximum absolute atomic E-state index is 14.1. The first-order chi connectivity index (χ1) is 19.6. The van der Waals surface area contributed by atoms with E-state index >= 15 is 0 Å². The van der Waals surface area contributed by atoms with Gasteiger partial charge in [-0.2, -0.15) is 0 Å². The Bertz CT molecular complexity index is 1650. The highest BCUT2D eigenvalue weighted by atomic mass is 79.9. The van der Waals surface area contributed by atoms with E-state index in [0.29, 0.717) is 43.3 Å². The van der Waals surface area contributed by atoms with Crippen LogP contribution in [0.3, 0.4) is 0 Å². The van der Waals surface area contributed by atoms with E-state index in [1.54, 1.807) is 25.1 Å². The van der Waals surface area contributed by atoms with E-state index in [9.17, 15) is 24.3 Å². The Morgan fingerprint density at radius 2 is 1.73 bits per heavy atom. The summed E-state index contributed by atoms with van der Waals surface area (Å²) in [6, 6.07) is 9.11. The van der Waals surface area contributed by atoms with Crippen LogP contribution in [0.15, 0.2) is 73.7 Å². The Balaban J connectivity index is 1.51. The number of ether oxygens (including phenoxy) is 1. The zero-order valence-corrected chi connectivity index (χ0v) is 25.8. The molecule has 2 aromatic rings. The fourth-order valence-electron chi connectivity index (χ4n) is 6.83. The van der Waals surface area contributed by atoms with E-state index in [0.717, 1.165) is 17.6 Å². The molecule has 6 rings (SSSR count). The number of methoxy groups -OCH3 is 1. The number of carbonyl (C=O) groups is 4. The van der Waals surface area contributed by atoms with Crippen LogP contribution in [0.2, 0.25) is 0 Å². The number of ketones is 2. The van der Waals surface area contributed by atoms with Gasteiger partial charge in [-0.15, -0.1) is 0 Å². The third-order valence-electron chi connectivity index (χ3n) is 8.87. The highest BCUT2D eigenvalue weighted by Gasteiger charge is 2.56. The molecule has 0 bridgehead atoms. The van der Waals surface area contributed by atoms with Crippen LogP contribution in [0.4, 0.5) is 5.69 Å². The van der Waals surface area contributed by atoms with Crippen molar-refractivity contribution in [1.82, 2.24) is 0 Å². The Kier molecular flexibility index (Phi) is 6.93. The highest BCUT2D eigenvalue weighted by Crippen LogP contribution is 2.57. The van der Waals surface area contributed by atoms with Gasteiger partial charge in [0.2, 0.25) is 11.8 Å². The predicted molar refractivity (Wildman–Crippen MR) is 160 cm³/mol. The van der Waals surface area contributed by atoms with E-state index < -0.39 is 23.7 Å². The summed E-state index contributed by atoms with van der Waals surface area (Å²) in [5.41, 5.74) is 4.18. The lowest BCUT2D eigenvalue weighted by Crippen LogP contribution is -2.40. The van der Waals surface area contributed by atoms with Gasteiger partial charge in [0, 0.05) is 27.1 Å². The molecule has 1 N–H and O–H groups in total. The van der Waals surface area contributed by atoms with Crippen LogP contribution in [0.1, 0.15) is 43.7 Å². The largest absolute Gasteiger partial charge is 0.503 e. The number of anilines is 1. The lowest BCUT2D eigenvalue weighted by molar-refractivity contribution is -0.123. The fraction of sp³-hybridized carbons (Fsp3) is 0.312. The van der Waals surface area contributed by atoms with E-state index in [4.69, 9.17) is 4.74 Å². The molecular weight excluding hydrogens is 654 g/mol. The van der Waals surface area contributed by atoms with Crippen LogP contribution in [-0.4, -0.2) is 35.6 Å². The van der Waals surface area contributed by atoms with Crippen molar-refractivity contribution in [2.75, 3.05) is 12.0 Å². The number of phenols is 1. The van der Waals surface area contributed by atoms with Gasteiger partial charge in [0.15, 0.2) is 23.1 Å². The number of benzene rings is 2. The van der Waals surface area contributed by atoms with Gasteiger partial charge < -0.3 is 9.84 Å². The molecule has 2 aromatic carbocycles. The number of fused-ring (bicyclic) bond motifs is 3. The van der Waals surface area contributed by atoms with Crippen molar-refractivity contribution < 1.29 is 29.0 Å². The maximum atomic E-state index is 14.1. The first-order valence-electron chi connectivity index (χ1n) is 13.5. The number of hydrogen-bond acceptors (Lipinski definition) is 6. The number of imide groups is 1. The summed E-state index contributed by atoms with van der Waals surface area (Å²) < 4.78 is 6.29. The molecule has 0 radical (unpaired) electrons. The molecule has 4 atom stereocenters. The molecular formula is C32H27Br2NO6. The quantitative estimate of drug-likeness (QED) is 0.237. The number of phenolic OH excluding ortho intramolecular Hbond substituents is 1. The topological polar surface area (TPSA) is 101 Å². The number of halogens is 2. The van der Waals surface area contributed by atoms with Crippen LogP contribution in [0.5, 0.6) is 11.5 Å². The summed E-state index contributed by atoms with van der Waals surface area (Å²) in [6.45, 7) is 3.67. The van der Waals surface area contributed by atoms with Gasteiger partial charge in [-0.3, -0.25) is 24.1 Å². The predicted octanol–water partition coefficient (Wildman–Crippen LogP) is 6.12. The number of allylic oxidation sites excluding steroid dienone is 6. The molecule has 9 heteroatoms. The average Bonchev–Trinajstić information content (AvgIpc) is 3.23. The number of amides is 2. The fourth-order valence-corrected chi connectivity index (χ4v) is 7.78. The minimum absolute atomic E-state index is 0.106. The lowest BCUT2D eigenvalue weighted by atomic mass is 9.59. The molecule has 4 aliphatic rings.